The van der Waals surface area contributed by atoms with E-state index >= 15 is 0 Å². The summed E-state index contributed by atoms with van der Waals surface area (Å²) < 4.78 is 25.4. The molecular formula is C16H15N5O4S. The number of aromatic hydroxyl groups is 1. The number of hydrogen-bond donors (Lipinski definition) is 2. The zero-order valence-corrected chi connectivity index (χ0v) is 14.5. The zero-order chi connectivity index (χ0) is 18.7. The lowest BCUT2D eigenvalue weighted by molar-refractivity contribution is 0.102. The topological polar surface area (TPSA) is 127 Å². The van der Waals surface area contributed by atoms with Crippen LogP contribution in [0.5, 0.6) is 5.75 Å². The van der Waals surface area contributed by atoms with Crippen LogP contribution in [0.1, 0.15) is 17.3 Å². The Morgan fingerprint density at radius 3 is 2.73 bits per heavy atom. The summed E-state index contributed by atoms with van der Waals surface area (Å²) >= 11 is 0. The molecule has 9 nitrogen and oxygen atoms in total. The van der Waals surface area contributed by atoms with Gasteiger partial charge in [0, 0.05) is 5.56 Å². The molecule has 10 heteroatoms. The monoisotopic (exact) mass is 373 g/mol. The maximum Gasteiger partial charge on any atom is 0.255 e. The molecule has 0 spiro atoms. The van der Waals surface area contributed by atoms with Crippen LogP contribution in [0.25, 0.3) is 5.69 Å². The minimum atomic E-state index is -3.46. The molecule has 0 radical (unpaired) electrons. The van der Waals surface area contributed by atoms with Gasteiger partial charge in [0.1, 0.15) is 12.1 Å². The van der Waals surface area contributed by atoms with Gasteiger partial charge in [-0.15, -0.1) is 5.10 Å². The lowest BCUT2D eigenvalue weighted by Gasteiger charge is -2.10. The van der Waals surface area contributed by atoms with Crippen LogP contribution >= 0.6 is 0 Å². The zero-order valence-electron chi connectivity index (χ0n) is 13.7. The fourth-order valence-electron chi connectivity index (χ4n) is 2.24. The molecule has 1 amide bonds. The summed E-state index contributed by atoms with van der Waals surface area (Å²) in [4.78, 5) is 12.5. The number of carbonyl (C=O) groups excluding carboxylic acids is 1. The Labute approximate surface area is 149 Å². The fraction of sp³-hybridized carbons (Fsp3) is 0.125. The molecule has 1 aromatic heterocycles. The first-order valence-corrected chi connectivity index (χ1v) is 9.26. The molecule has 0 saturated heterocycles. The largest absolute Gasteiger partial charge is 0.506 e. The van der Waals surface area contributed by atoms with E-state index in [1.807, 2.05) is 0 Å². The molecule has 0 atom stereocenters. The molecule has 3 rings (SSSR count). The number of hydrogen-bond acceptors (Lipinski definition) is 7. The van der Waals surface area contributed by atoms with Crippen molar-refractivity contribution in [1.29, 1.82) is 0 Å². The molecular weight excluding hydrogens is 358 g/mol. The third-order valence-electron chi connectivity index (χ3n) is 3.68. The number of rotatable bonds is 5. The van der Waals surface area contributed by atoms with Crippen molar-refractivity contribution in [3.8, 4) is 11.4 Å². The van der Waals surface area contributed by atoms with Crippen LogP contribution in [0.15, 0.2) is 53.7 Å². The van der Waals surface area contributed by atoms with E-state index in [2.05, 4.69) is 20.8 Å². The highest BCUT2D eigenvalue weighted by Gasteiger charge is 2.16. The van der Waals surface area contributed by atoms with Crippen LogP contribution in [0, 0.1) is 0 Å². The third kappa shape index (κ3) is 3.54. The predicted octanol–water partition coefficient (Wildman–Crippen LogP) is 1.41. The van der Waals surface area contributed by atoms with Gasteiger partial charge in [-0.1, -0.05) is 13.0 Å². The van der Waals surface area contributed by atoms with E-state index in [0.717, 1.165) is 0 Å². The van der Waals surface area contributed by atoms with Crippen molar-refractivity contribution in [2.45, 2.75) is 11.8 Å². The number of tetrazole rings is 1. The summed E-state index contributed by atoms with van der Waals surface area (Å²) in [5, 5.41) is 23.3. The molecule has 0 aliphatic carbocycles. The predicted molar refractivity (Wildman–Crippen MR) is 92.9 cm³/mol. The van der Waals surface area contributed by atoms with E-state index in [-0.39, 0.29) is 22.1 Å². The van der Waals surface area contributed by atoms with Crippen molar-refractivity contribution < 1.29 is 18.3 Å². The summed E-state index contributed by atoms with van der Waals surface area (Å²) in [7, 11) is -3.46. The van der Waals surface area contributed by atoms with Gasteiger partial charge in [0.15, 0.2) is 9.84 Å². The Kier molecular flexibility index (Phi) is 4.67. The van der Waals surface area contributed by atoms with Crippen molar-refractivity contribution in [2.24, 2.45) is 0 Å². The van der Waals surface area contributed by atoms with E-state index in [9.17, 15) is 18.3 Å². The summed E-state index contributed by atoms with van der Waals surface area (Å²) in [6.45, 7) is 1.52. The van der Waals surface area contributed by atoms with Crippen LogP contribution < -0.4 is 5.32 Å². The van der Waals surface area contributed by atoms with Crippen molar-refractivity contribution in [3.63, 3.8) is 0 Å². The molecule has 26 heavy (non-hydrogen) atoms. The van der Waals surface area contributed by atoms with Gasteiger partial charge in [-0.05, 0) is 46.8 Å². The SMILES string of the molecule is CCS(=O)(=O)c1ccc(O)c(NC(=O)c2cccc(-n3cnnn3)c2)c1. The Morgan fingerprint density at radius 1 is 1.23 bits per heavy atom. The van der Waals surface area contributed by atoms with Gasteiger partial charge in [0.2, 0.25) is 0 Å². The number of carbonyl (C=O) groups is 1. The first-order chi connectivity index (χ1) is 12.4. The maximum absolute atomic E-state index is 12.5. The molecule has 134 valence electrons. The second kappa shape index (κ2) is 6.92. The number of nitrogens with zero attached hydrogens (tertiary/aromatic N) is 4. The minimum Gasteiger partial charge on any atom is -0.506 e. The highest BCUT2D eigenvalue weighted by molar-refractivity contribution is 7.91. The first kappa shape index (κ1) is 17.5. The Balaban J connectivity index is 1.89. The van der Waals surface area contributed by atoms with E-state index in [1.165, 1.54) is 36.1 Å². The molecule has 1 heterocycles. The standard InChI is InChI=1S/C16H15N5O4S/c1-2-26(24,25)13-6-7-15(22)14(9-13)18-16(23)11-4-3-5-12(8-11)21-10-17-19-20-21/h3-10,22H,2H2,1H3,(H,18,23). The lowest BCUT2D eigenvalue weighted by Crippen LogP contribution is -2.13. The summed E-state index contributed by atoms with van der Waals surface area (Å²) in [6.07, 6.45) is 1.39. The molecule has 0 saturated carbocycles. The second-order valence-corrected chi connectivity index (χ2v) is 7.62. The minimum absolute atomic E-state index is 0.0114. The third-order valence-corrected chi connectivity index (χ3v) is 5.41. The number of sulfone groups is 1. The summed E-state index contributed by atoms with van der Waals surface area (Å²) in [5.41, 5.74) is 0.882. The highest BCUT2D eigenvalue weighted by atomic mass is 32.2. The molecule has 0 bridgehead atoms. The molecule has 0 fully saturated rings. The molecule has 0 unspecified atom stereocenters. The van der Waals surface area contributed by atoms with E-state index < -0.39 is 15.7 Å². The molecule has 0 aliphatic heterocycles. The number of amides is 1. The average Bonchev–Trinajstić information content (AvgIpc) is 3.18. The van der Waals surface area contributed by atoms with Crippen molar-refractivity contribution in [1.82, 2.24) is 20.2 Å². The summed E-state index contributed by atoms with van der Waals surface area (Å²) in [5.74, 6) is -0.828. The smallest absolute Gasteiger partial charge is 0.255 e. The molecule has 2 aromatic carbocycles. The lowest BCUT2D eigenvalue weighted by atomic mass is 10.2. The van der Waals surface area contributed by atoms with Gasteiger partial charge in [-0.2, -0.15) is 0 Å². The van der Waals surface area contributed by atoms with Crippen molar-refractivity contribution >= 4 is 21.4 Å². The molecule has 2 N–H and O–H groups in total. The van der Waals surface area contributed by atoms with Crippen LogP contribution in [0.2, 0.25) is 0 Å². The maximum atomic E-state index is 12.5. The fourth-order valence-corrected chi connectivity index (χ4v) is 3.15. The second-order valence-electron chi connectivity index (χ2n) is 5.34. The molecule has 0 aliphatic rings. The van der Waals surface area contributed by atoms with Gasteiger partial charge in [-0.3, -0.25) is 4.79 Å². The quantitative estimate of drug-likeness (QED) is 0.647. The summed E-state index contributed by atoms with van der Waals surface area (Å²) in [6, 6.07) is 10.3. The Hall–Kier alpha value is -3.27. The Bertz CT molecular complexity index is 1050. The average molecular weight is 373 g/mol. The number of phenolic OH excluding ortho intramolecular Hbond substituents is 1. The van der Waals surface area contributed by atoms with Crippen LogP contribution in [0.3, 0.4) is 0 Å². The highest BCUT2D eigenvalue weighted by Crippen LogP contribution is 2.27. The van der Waals surface area contributed by atoms with E-state index in [4.69, 9.17) is 0 Å². The Morgan fingerprint density at radius 2 is 2.04 bits per heavy atom. The number of phenols is 1. The number of anilines is 1. The first-order valence-electron chi connectivity index (χ1n) is 7.61. The van der Waals surface area contributed by atoms with E-state index in [1.54, 1.807) is 24.3 Å². The number of benzene rings is 2. The van der Waals surface area contributed by atoms with Crippen LogP contribution in [-0.4, -0.2) is 45.4 Å². The van der Waals surface area contributed by atoms with Gasteiger partial charge >= 0.3 is 0 Å². The number of aromatic nitrogens is 4. The van der Waals surface area contributed by atoms with Gasteiger partial charge < -0.3 is 10.4 Å². The van der Waals surface area contributed by atoms with Gasteiger partial charge in [-0.25, -0.2) is 13.1 Å². The van der Waals surface area contributed by atoms with Crippen molar-refractivity contribution in [3.05, 3.63) is 54.4 Å². The molecule has 3 aromatic rings. The van der Waals surface area contributed by atoms with Gasteiger partial charge in [0.05, 0.1) is 22.0 Å². The van der Waals surface area contributed by atoms with E-state index in [0.29, 0.717) is 11.3 Å². The van der Waals surface area contributed by atoms with Crippen LogP contribution in [0.4, 0.5) is 5.69 Å². The van der Waals surface area contributed by atoms with Gasteiger partial charge in [0.25, 0.3) is 5.91 Å². The van der Waals surface area contributed by atoms with Crippen molar-refractivity contribution in [2.75, 3.05) is 11.1 Å². The van der Waals surface area contributed by atoms with Crippen LogP contribution in [-0.2, 0) is 9.84 Å². The normalized spacial score (nSPS) is 11.3. The number of nitrogens with one attached hydrogen (secondary N) is 1.